The van der Waals surface area contributed by atoms with Crippen LogP contribution in [-0.2, 0) is 11.3 Å². The van der Waals surface area contributed by atoms with Crippen LogP contribution in [0.15, 0.2) is 42.5 Å². The lowest BCUT2D eigenvalue weighted by atomic mass is 9.97. The van der Waals surface area contributed by atoms with Crippen LogP contribution in [0.3, 0.4) is 0 Å². The van der Waals surface area contributed by atoms with Crippen LogP contribution >= 0.6 is 23.2 Å². The van der Waals surface area contributed by atoms with Gasteiger partial charge < -0.3 is 9.47 Å². The number of hydrogen-bond donors (Lipinski definition) is 1. The van der Waals surface area contributed by atoms with Crippen LogP contribution in [0.2, 0.25) is 10.0 Å². The number of carbonyl (C=O) groups is 2. The van der Waals surface area contributed by atoms with Gasteiger partial charge in [0.15, 0.2) is 5.69 Å². The Morgan fingerprint density at radius 2 is 1.74 bits per heavy atom. The molecule has 0 unspecified atom stereocenters. The molecule has 3 heterocycles. The molecule has 0 radical (unpaired) electrons. The molecule has 0 spiro atoms. The second-order valence-electron chi connectivity index (χ2n) is 9.44. The molecule has 3 aromatic rings. The van der Waals surface area contributed by atoms with Crippen molar-refractivity contribution in [2.45, 2.75) is 25.8 Å². The van der Waals surface area contributed by atoms with E-state index in [-0.39, 0.29) is 24.7 Å². The predicted molar refractivity (Wildman–Crippen MR) is 150 cm³/mol. The lowest BCUT2D eigenvalue weighted by Gasteiger charge is -2.29. The van der Waals surface area contributed by atoms with Crippen LogP contribution < -0.4 is 10.2 Å². The van der Waals surface area contributed by atoms with E-state index >= 15 is 0 Å². The molecule has 1 fully saturated rings. The van der Waals surface area contributed by atoms with E-state index in [2.05, 4.69) is 5.43 Å². The van der Waals surface area contributed by atoms with E-state index in [1.54, 1.807) is 34.9 Å². The number of nitrogens with one attached hydrogen (secondary N) is 1. The molecule has 204 valence electrons. The Labute approximate surface area is 236 Å². The van der Waals surface area contributed by atoms with Gasteiger partial charge in [0.1, 0.15) is 5.75 Å². The normalized spacial score (nSPS) is 16.6. The quantitative estimate of drug-likeness (QED) is 0.440. The van der Waals surface area contributed by atoms with Crippen LogP contribution in [0.4, 0.5) is 4.79 Å². The Hall–Kier alpha value is -3.53. The van der Waals surface area contributed by atoms with E-state index in [1.165, 1.54) is 7.11 Å². The van der Waals surface area contributed by atoms with E-state index in [0.29, 0.717) is 27.0 Å². The number of rotatable bonds is 5. The number of amides is 2. The first-order valence-corrected chi connectivity index (χ1v) is 13.4. The maximum absolute atomic E-state index is 13.6. The number of methoxy groups -OCH3 is 2. The van der Waals surface area contributed by atoms with Gasteiger partial charge in [0, 0.05) is 23.7 Å². The Bertz CT molecular complexity index is 1410. The average Bonchev–Trinajstić information content (AvgIpc) is 3.33. The summed E-state index contributed by atoms with van der Waals surface area (Å²) in [7, 11) is 2.95. The number of fused-ring (bicyclic) bond motifs is 1. The Kier molecular flexibility index (Phi) is 8.11. The summed E-state index contributed by atoms with van der Waals surface area (Å²) in [5, 5.41) is 7.55. The third-order valence-corrected chi connectivity index (χ3v) is 7.39. The first kappa shape index (κ1) is 27.1. The molecule has 39 heavy (non-hydrogen) atoms. The summed E-state index contributed by atoms with van der Waals surface area (Å²) in [6.07, 6.45) is 4.62. The zero-order valence-corrected chi connectivity index (χ0v) is 23.3. The lowest BCUT2D eigenvalue weighted by molar-refractivity contribution is 0.0741. The summed E-state index contributed by atoms with van der Waals surface area (Å²) in [4.78, 5) is 27.9. The van der Waals surface area contributed by atoms with Crippen molar-refractivity contribution in [1.82, 2.24) is 25.1 Å². The van der Waals surface area contributed by atoms with E-state index < -0.39 is 6.09 Å². The van der Waals surface area contributed by atoms with Gasteiger partial charge in [-0.3, -0.25) is 15.1 Å². The fourth-order valence-corrected chi connectivity index (χ4v) is 5.43. The zero-order valence-electron chi connectivity index (χ0n) is 21.7. The number of ether oxygens (including phenoxy) is 2. The zero-order chi connectivity index (χ0) is 27.5. The maximum Gasteiger partial charge on any atom is 0.410 e. The molecule has 2 aliphatic rings. The Balaban J connectivity index is 1.67. The highest BCUT2D eigenvalue weighted by Crippen LogP contribution is 2.36. The SMILES string of the molecule is COC(=O)N1CC(=Cc2ccc(OC)cc2)c2c(c(C(=O)NN3CCCCC3)nn2-c2ccc(Cl)cc2Cl)C1. The highest BCUT2D eigenvalue weighted by atomic mass is 35.5. The highest BCUT2D eigenvalue weighted by Gasteiger charge is 2.34. The molecular formula is C28H29Cl2N5O4. The topological polar surface area (TPSA) is 88.9 Å². The lowest BCUT2D eigenvalue weighted by Crippen LogP contribution is -2.45. The largest absolute Gasteiger partial charge is 0.497 e. The van der Waals surface area contributed by atoms with Crippen LogP contribution in [0.1, 0.15) is 46.6 Å². The van der Waals surface area contributed by atoms with Gasteiger partial charge in [-0.05, 0) is 60.4 Å². The number of aromatic nitrogens is 2. The minimum atomic E-state index is -0.499. The molecular weight excluding hydrogens is 541 g/mol. The summed E-state index contributed by atoms with van der Waals surface area (Å²) in [6.45, 7) is 1.94. The third kappa shape index (κ3) is 5.75. The molecule has 0 bridgehead atoms. The van der Waals surface area contributed by atoms with Gasteiger partial charge in [0.2, 0.25) is 0 Å². The molecule has 0 atom stereocenters. The molecule has 0 aliphatic carbocycles. The molecule has 1 saturated heterocycles. The van der Waals surface area contributed by atoms with Crippen molar-refractivity contribution in [3.05, 3.63) is 75.0 Å². The molecule has 2 aromatic carbocycles. The monoisotopic (exact) mass is 569 g/mol. The Morgan fingerprint density at radius 1 is 1.00 bits per heavy atom. The van der Waals surface area contributed by atoms with Gasteiger partial charge in [-0.2, -0.15) is 5.10 Å². The number of piperidine rings is 1. The molecule has 0 saturated carbocycles. The highest BCUT2D eigenvalue weighted by molar-refractivity contribution is 6.35. The summed E-state index contributed by atoms with van der Waals surface area (Å²) < 4.78 is 12.0. The molecule has 9 nitrogen and oxygen atoms in total. The summed E-state index contributed by atoms with van der Waals surface area (Å²) in [5.41, 5.74) is 6.74. The van der Waals surface area contributed by atoms with Crippen LogP contribution in [0.25, 0.3) is 17.3 Å². The smallest absolute Gasteiger partial charge is 0.410 e. The maximum atomic E-state index is 13.6. The minimum Gasteiger partial charge on any atom is -0.497 e. The van der Waals surface area contributed by atoms with Crippen LogP contribution in [0, 0.1) is 0 Å². The second-order valence-corrected chi connectivity index (χ2v) is 10.3. The average molecular weight is 570 g/mol. The summed E-state index contributed by atoms with van der Waals surface area (Å²) in [6, 6.07) is 12.7. The third-order valence-electron chi connectivity index (χ3n) is 6.86. The number of nitrogens with zero attached hydrogens (tertiary/aromatic N) is 4. The van der Waals surface area contributed by atoms with Gasteiger partial charge in [0.05, 0.1) is 43.7 Å². The van der Waals surface area contributed by atoms with E-state index in [9.17, 15) is 9.59 Å². The number of benzene rings is 2. The minimum absolute atomic E-state index is 0.149. The first-order chi connectivity index (χ1) is 18.9. The van der Waals surface area contributed by atoms with Crippen molar-refractivity contribution in [2.75, 3.05) is 33.9 Å². The van der Waals surface area contributed by atoms with Gasteiger partial charge >= 0.3 is 6.09 Å². The molecule has 1 aromatic heterocycles. The van der Waals surface area contributed by atoms with E-state index in [4.69, 9.17) is 37.8 Å². The number of halogens is 2. The van der Waals surface area contributed by atoms with Crippen molar-refractivity contribution in [2.24, 2.45) is 0 Å². The summed E-state index contributed by atoms with van der Waals surface area (Å²) in [5.74, 6) is 0.389. The van der Waals surface area contributed by atoms with Gasteiger partial charge in [0.25, 0.3) is 5.91 Å². The molecule has 11 heteroatoms. The van der Waals surface area contributed by atoms with Crippen LogP contribution in [0.5, 0.6) is 5.75 Å². The van der Waals surface area contributed by atoms with Gasteiger partial charge in [-0.15, -0.1) is 0 Å². The predicted octanol–water partition coefficient (Wildman–Crippen LogP) is 5.44. The second kappa shape index (κ2) is 11.7. The van der Waals surface area contributed by atoms with Crippen molar-refractivity contribution in [3.8, 4) is 11.4 Å². The summed E-state index contributed by atoms with van der Waals surface area (Å²) >= 11 is 12.8. The molecule has 5 rings (SSSR count). The first-order valence-electron chi connectivity index (χ1n) is 12.7. The van der Waals surface area contributed by atoms with Gasteiger partial charge in [-0.25, -0.2) is 14.5 Å². The standard InChI is InChI=1S/C28H29Cl2N5O4/c1-38-21-9-6-18(7-10-21)14-19-16-33(28(37)39-2)17-22-25(27(36)32-34-12-4-3-5-13-34)31-35(26(19)22)24-11-8-20(29)15-23(24)30/h6-11,14-15H,3-5,12-13,16-17H2,1-2H3,(H,32,36). The number of hydrazine groups is 1. The number of carbonyl (C=O) groups excluding carboxylic acids is 2. The van der Waals surface area contributed by atoms with Crippen molar-refractivity contribution < 1.29 is 19.1 Å². The van der Waals surface area contributed by atoms with Gasteiger partial charge in [-0.1, -0.05) is 41.8 Å². The Morgan fingerprint density at radius 3 is 2.41 bits per heavy atom. The number of hydrogen-bond acceptors (Lipinski definition) is 6. The fraction of sp³-hybridized carbons (Fsp3) is 0.321. The fourth-order valence-electron chi connectivity index (χ4n) is 4.94. The van der Waals surface area contributed by atoms with Crippen molar-refractivity contribution in [3.63, 3.8) is 0 Å². The van der Waals surface area contributed by atoms with Crippen molar-refractivity contribution in [1.29, 1.82) is 0 Å². The van der Waals surface area contributed by atoms with Crippen LogP contribution in [-0.4, -0.2) is 65.5 Å². The van der Waals surface area contributed by atoms with Crippen molar-refractivity contribution >= 4 is 46.9 Å². The van der Waals surface area contributed by atoms with E-state index in [1.807, 2.05) is 35.4 Å². The molecule has 2 aliphatic heterocycles. The molecule has 2 amide bonds. The molecule has 1 N–H and O–H groups in total. The van der Waals surface area contributed by atoms with E-state index in [0.717, 1.165) is 49.2 Å².